The third kappa shape index (κ3) is 3.39. The fourth-order valence-electron chi connectivity index (χ4n) is 12.0. The Bertz CT molecular complexity index is 1220. The molecule has 4 aliphatic carbocycles. The lowest BCUT2D eigenvalue weighted by atomic mass is 9.33. The highest BCUT2D eigenvalue weighted by molar-refractivity contribution is 5.62. The number of fused-ring (bicyclic) bond motifs is 7. The third-order valence-corrected chi connectivity index (χ3v) is 14.0. The molecule has 1 aromatic heterocycles. The van der Waals surface area contributed by atoms with Gasteiger partial charge >= 0.3 is 0 Å². The number of carbonyl (C=O) groups is 1. The predicted octanol–water partition coefficient (Wildman–Crippen LogP) is 8.05. The van der Waals surface area contributed by atoms with Crippen LogP contribution < -0.4 is 4.90 Å². The summed E-state index contributed by atoms with van der Waals surface area (Å²) in [5.74, 6) is 3.61. The first-order valence-corrected chi connectivity index (χ1v) is 15.5. The molecule has 0 bridgehead atoms. The molecule has 0 N–H and O–H groups in total. The van der Waals surface area contributed by atoms with Gasteiger partial charge in [-0.2, -0.15) is 0 Å². The Morgan fingerprint density at radius 3 is 2.33 bits per heavy atom. The van der Waals surface area contributed by atoms with E-state index < -0.39 is 0 Å². The van der Waals surface area contributed by atoms with Gasteiger partial charge in [0.15, 0.2) is 0 Å². The van der Waals surface area contributed by atoms with Crippen LogP contribution in [-0.2, 0) is 4.79 Å². The Hall–Kier alpha value is -2.22. The van der Waals surface area contributed by atoms with E-state index in [2.05, 4.69) is 67.8 Å². The van der Waals surface area contributed by atoms with Crippen molar-refractivity contribution in [3.05, 3.63) is 36.0 Å². The van der Waals surface area contributed by atoms with Crippen molar-refractivity contribution in [3.63, 3.8) is 0 Å². The van der Waals surface area contributed by atoms with E-state index in [9.17, 15) is 4.79 Å². The highest BCUT2D eigenvalue weighted by Crippen LogP contribution is 2.76. The minimum absolute atomic E-state index is 0.0541. The number of anilines is 1. The zero-order chi connectivity index (χ0) is 28.0. The number of nitrogens with zero attached hydrogens (tertiary/aromatic N) is 4. The summed E-state index contributed by atoms with van der Waals surface area (Å²) in [4.78, 5) is 27.9. The molecule has 5 fully saturated rings. The molecule has 5 heteroatoms. The normalized spacial score (nSPS) is 46.2. The summed E-state index contributed by atoms with van der Waals surface area (Å²) in [5, 5.41) is 0. The van der Waals surface area contributed by atoms with Crippen LogP contribution in [0.1, 0.15) is 99.3 Å². The second-order valence-electron chi connectivity index (χ2n) is 15.4. The number of carbonyl (C=O) groups excluding carboxylic acids is 1. The number of rotatable bonds is 3. The fraction of sp³-hybridized carbons (Fsp3) is 0.765. The molecule has 1 aromatic rings. The summed E-state index contributed by atoms with van der Waals surface area (Å²) in [5.41, 5.74) is 2.44. The van der Waals surface area contributed by atoms with Gasteiger partial charge in [0, 0.05) is 29.9 Å². The molecule has 5 nitrogen and oxygen atoms in total. The minimum atomic E-state index is -0.117. The van der Waals surface area contributed by atoms with Gasteiger partial charge in [-0.05, 0) is 124 Å². The number of aromatic nitrogens is 2. The van der Waals surface area contributed by atoms with Crippen LogP contribution in [0.25, 0.3) is 4.85 Å². The van der Waals surface area contributed by atoms with Gasteiger partial charge in [0.25, 0.3) is 0 Å². The monoisotopic (exact) mass is 528 g/mol. The largest absolute Gasteiger partial charge is 0.335 e. The SMILES string of the molecule is [C-]#[N+]c1cnc(N2CC[C@]3(C)[C@H]4CC[C@@H]5[C@H]6[C@H](C(=C)C)CC[C@]6(C=O)CC[C@@]5(C)[C@]4(C)CC[C@H]3C2(C)C)nc1. The molecule has 0 spiro atoms. The van der Waals surface area contributed by atoms with E-state index in [0.717, 1.165) is 38.2 Å². The summed E-state index contributed by atoms with van der Waals surface area (Å²) in [6.07, 6.45) is 15.4. The van der Waals surface area contributed by atoms with E-state index in [1.807, 2.05) is 0 Å². The van der Waals surface area contributed by atoms with Gasteiger partial charge < -0.3 is 9.69 Å². The van der Waals surface area contributed by atoms with Gasteiger partial charge in [0.05, 0.1) is 6.57 Å². The first kappa shape index (κ1) is 27.0. The van der Waals surface area contributed by atoms with E-state index >= 15 is 0 Å². The van der Waals surface area contributed by atoms with Crippen LogP contribution in [0.4, 0.5) is 11.6 Å². The van der Waals surface area contributed by atoms with Crippen LogP contribution in [0, 0.1) is 57.8 Å². The maximum atomic E-state index is 12.7. The summed E-state index contributed by atoms with van der Waals surface area (Å²) < 4.78 is 0. The van der Waals surface area contributed by atoms with E-state index in [1.54, 1.807) is 12.4 Å². The lowest BCUT2D eigenvalue weighted by Crippen LogP contribution is -2.70. The molecule has 2 heterocycles. The number of piperidine rings is 1. The maximum absolute atomic E-state index is 12.7. The van der Waals surface area contributed by atoms with Crippen LogP contribution in [0.2, 0.25) is 0 Å². The van der Waals surface area contributed by atoms with Crippen molar-refractivity contribution in [2.75, 3.05) is 11.4 Å². The Morgan fingerprint density at radius 2 is 1.69 bits per heavy atom. The van der Waals surface area contributed by atoms with Gasteiger partial charge in [0.1, 0.15) is 6.29 Å². The number of allylic oxidation sites excluding steroid dienone is 1. The van der Waals surface area contributed by atoms with Crippen LogP contribution in [0.15, 0.2) is 24.5 Å². The standard InChI is InChI=1S/C34H48N4O/c1-22(2)24-11-14-34(21-39)16-15-32(6)25(28(24)34)9-10-27-31(5)17-18-38(29-36-19-23(35-8)20-37-29)30(3,4)26(31)12-13-33(27,32)7/h19-21,24-28H,1,9-18H2,2-7H3/t24-,25+,26-,27+,28+,31-,32+,33+,34+/m0/s1. The second kappa shape index (κ2) is 8.64. The van der Waals surface area contributed by atoms with Crippen molar-refractivity contribution in [1.82, 2.24) is 9.97 Å². The quantitative estimate of drug-likeness (QED) is 0.226. The summed E-state index contributed by atoms with van der Waals surface area (Å²) in [6, 6.07) is 0. The molecule has 0 unspecified atom stereocenters. The molecule has 6 rings (SSSR count). The van der Waals surface area contributed by atoms with E-state index in [1.165, 1.54) is 44.0 Å². The van der Waals surface area contributed by atoms with Gasteiger partial charge in [-0.3, -0.25) is 0 Å². The molecular weight excluding hydrogens is 480 g/mol. The lowest BCUT2D eigenvalue weighted by molar-refractivity contribution is -0.225. The highest BCUT2D eigenvalue weighted by Gasteiger charge is 2.71. The maximum Gasteiger partial charge on any atom is 0.223 e. The average molecular weight is 529 g/mol. The summed E-state index contributed by atoms with van der Waals surface area (Å²) >= 11 is 0. The molecule has 4 saturated carbocycles. The average Bonchev–Trinajstić information content (AvgIpc) is 3.29. The smallest absolute Gasteiger partial charge is 0.223 e. The summed E-state index contributed by atoms with van der Waals surface area (Å²) in [7, 11) is 0. The van der Waals surface area contributed by atoms with Gasteiger partial charge in [0.2, 0.25) is 11.6 Å². The number of hydrogen-bond acceptors (Lipinski definition) is 4. The predicted molar refractivity (Wildman–Crippen MR) is 156 cm³/mol. The Balaban J connectivity index is 1.34. The molecule has 9 atom stereocenters. The first-order chi connectivity index (χ1) is 18.4. The zero-order valence-electron chi connectivity index (χ0n) is 25.1. The molecule has 1 aliphatic heterocycles. The molecule has 0 radical (unpaired) electrons. The number of hydrogen-bond donors (Lipinski definition) is 0. The van der Waals surface area contributed by atoms with Gasteiger partial charge in [-0.25, -0.2) is 14.8 Å². The topological polar surface area (TPSA) is 50.5 Å². The Kier molecular flexibility index (Phi) is 5.98. The van der Waals surface area contributed by atoms with E-state index in [4.69, 9.17) is 6.57 Å². The van der Waals surface area contributed by atoms with Gasteiger partial charge in [-0.15, -0.1) is 0 Å². The van der Waals surface area contributed by atoms with Crippen LogP contribution >= 0.6 is 0 Å². The van der Waals surface area contributed by atoms with Crippen molar-refractivity contribution in [3.8, 4) is 0 Å². The molecule has 210 valence electrons. The molecular formula is C34H48N4O. The fourth-order valence-corrected chi connectivity index (χ4v) is 12.0. The molecule has 1 saturated heterocycles. The molecule has 5 aliphatic rings. The van der Waals surface area contributed by atoms with Crippen molar-refractivity contribution < 1.29 is 4.79 Å². The zero-order valence-corrected chi connectivity index (χ0v) is 25.1. The van der Waals surface area contributed by atoms with E-state index in [0.29, 0.717) is 35.3 Å². The Morgan fingerprint density at radius 1 is 0.974 bits per heavy atom. The molecule has 39 heavy (non-hydrogen) atoms. The van der Waals surface area contributed by atoms with Crippen LogP contribution in [-0.4, -0.2) is 28.3 Å². The second-order valence-corrected chi connectivity index (χ2v) is 15.4. The van der Waals surface area contributed by atoms with E-state index in [-0.39, 0.29) is 27.2 Å². The Labute approximate surface area is 236 Å². The molecule has 0 amide bonds. The van der Waals surface area contributed by atoms with Crippen LogP contribution in [0.5, 0.6) is 0 Å². The van der Waals surface area contributed by atoms with Crippen molar-refractivity contribution in [1.29, 1.82) is 0 Å². The minimum Gasteiger partial charge on any atom is -0.335 e. The highest BCUT2D eigenvalue weighted by atomic mass is 16.1. The third-order valence-electron chi connectivity index (χ3n) is 14.0. The van der Waals surface area contributed by atoms with Crippen molar-refractivity contribution in [2.45, 2.75) is 105 Å². The molecule has 0 aromatic carbocycles. The first-order valence-electron chi connectivity index (χ1n) is 15.5. The number of aldehydes is 1. The van der Waals surface area contributed by atoms with Gasteiger partial charge in [-0.1, -0.05) is 32.9 Å². The van der Waals surface area contributed by atoms with Crippen molar-refractivity contribution in [2.24, 2.45) is 51.2 Å². The van der Waals surface area contributed by atoms with Crippen LogP contribution in [0.3, 0.4) is 0 Å². The summed E-state index contributed by atoms with van der Waals surface area (Å²) in [6.45, 7) is 27.6. The lowest BCUT2D eigenvalue weighted by Gasteiger charge is -2.73. The van der Waals surface area contributed by atoms with Crippen molar-refractivity contribution >= 4 is 17.9 Å².